The van der Waals surface area contributed by atoms with E-state index in [0.717, 1.165) is 0 Å². The van der Waals surface area contributed by atoms with Crippen LogP contribution in [0, 0.1) is 0 Å². The third kappa shape index (κ3) is 4.40. The van der Waals surface area contributed by atoms with Gasteiger partial charge in [-0.25, -0.2) is 4.68 Å². The second-order valence-corrected chi connectivity index (χ2v) is 7.54. The quantitative estimate of drug-likeness (QED) is 0.349. The van der Waals surface area contributed by atoms with Crippen molar-refractivity contribution in [2.45, 2.75) is 24.3 Å². The molecule has 9 heteroatoms. The lowest BCUT2D eigenvalue weighted by molar-refractivity contribution is -0.115. The molecule has 0 saturated carbocycles. The summed E-state index contributed by atoms with van der Waals surface area (Å²) in [6.07, 6.45) is 0. The first-order valence-corrected chi connectivity index (χ1v) is 9.71. The van der Waals surface area contributed by atoms with Crippen LogP contribution < -0.4 is 15.9 Å². The average Bonchev–Trinajstić information content (AvgIpc) is 3.08. The SMILES string of the molecule is COc1ccccc1-c1nnc(SC(C)C(=O)Nc2ccccc2C(C)=O)n1N. The Kier molecular flexibility index (Phi) is 6.18. The predicted molar refractivity (Wildman–Crippen MR) is 113 cm³/mol. The number of nitrogens with one attached hydrogen (secondary N) is 1. The molecule has 1 aromatic heterocycles. The van der Waals surface area contributed by atoms with Gasteiger partial charge in [-0.05, 0) is 38.1 Å². The summed E-state index contributed by atoms with van der Waals surface area (Å²) in [4.78, 5) is 24.4. The number of benzene rings is 2. The minimum atomic E-state index is -0.521. The van der Waals surface area contributed by atoms with Gasteiger partial charge in [0.2, 0.25) is 11.1 Å². The molecule has 29 heavy (non-hydrogen) atoms. The molecule has 1 heterocycles. The van der Waals surface area contributed by atoms with Crippen molar-refractivity contribution in [3.63, 3.8) is 0 Å². The molecule has 8 nitrogen and oxygen atoms in total. The van der Waals surface area contributed by atoms with E-state index in [9.17, 15) is 9.59 Å². The lowest BCUT2D eigenvalue weighted by atomic mass is 10.1. The molecule has 1 atom stereocenters. The molecule has 1 unspecified atom stereocenters. The zero-order valence-electron chi connectivity index (χ0n) is 16.2. The minimum Gasteiger partial charge on any atom is -0.496 e. The molecule has 0 aliphatic carbocycles. The smallest absolute Gasteiger partial charge is 0.237 e. The van der Waals surface area contributed by atoms with Crippen molar-refractivity contribution in [1.29, 1.82) is 0 Å². The van der Waals surface area contributed by atoms with E-state index in [4.69, 9.17) is 10.6 Å². The fourth-order valence-corrected chi connectivity index (χ4v) is 3.49. The van der Waals surface area contributed by atoms with Crippen LogP contribution in [0.1, 0.15) is 24.2 Å². The van der Waals surface area contributed by atoms with Gasteiger partial charge in [-0.1, -0.05) is 36.0 Å². The number of rotatable bonds is 7. The number of para-hydroxylation sites is 2. The maximum atomic E-state index is 12.6. The maximum absolute atomic E-state index is 12.6. The van der Waals surface area contributed by atoms with Crippen LogP contribution >= 0.6 is 11.8 Å². The van der Waals surface area contributed by atoms with Crippen LogP contribution in [-0.2, 0) is 4.79 Å². The van der Waals surface area contributed by atoms with Crippen molar-refractivity contribution >= 4 is 29.1 Å². The van der Waals surface area contributed by atoms with E-state index in [1.165, 1.54) is 23.4 Å². The van der Waals surface area contributed by atoms with Gasteiger partial charge < -0.3 is 15.9 Å². The van der Waals surface area contributed by atoms with Crippen LogP contribution in [0.3, 0.4) is 0 Å². The lowest BCUT2D eigenvalue weighted by Crippen LogP contribution is -2.24. The van der Waals surface area contributed by atoms with Crippen LogP contribution in [0.4, 0.5) is 5.69 Å². The molecular formula is C20H21N5O3S. The molecule has 0 saturated heterocycles. The van der Waals surface area contributed by atoms with Gasteiger partial charge in [0, 0.05) is 5.56 Å². The minimum absolute atomic E-state index is 0.121. The summed E-state index contributed by atoms with van der Waals surface area (Å²) in [6.45, 7) is 3.19. The number of carbonyl (C=O) groups is 2. The summed E-state index contributed by atoms with van der Waals surface area (Å²) in [7, 11) is 1.57. The topological polar surface area (TPSA) is 112 Å². The monoisotopic (exact) mass is 411 g/mol. The molecule has 0 fully saturated rings. The van der Waals surface area contributed by atoms with Crippen LogP contribution in [0.5, 0.6) is 5.75 Å². The van der Waals surface area contributed by atoms with Gasteiger partial charge in [-0.2, -0.15) is 0 Å². The van der Waals surface area contributed by atoms with Crippen molar-refractivity contribution in [1.82, 2.24) is 14.9 Å². The number of nitrogen functional groups attached to an aromatic ring is 1. The molecule has 3 N–H and O–H groups in total. The number of Topliss-reactive ketones (excluding diaryl/α,β-unsaturated/α-hetero) is 1. The molecule has 3 aromatic rings. The lowest BCUT2D eigenvalue weighted by Gasteiger charge is -2.13. The summed E-state index contributed by atoms with van der Waals surface area (Å²) < 4.78 is 6.67. The highest BCUT2D eigenvalue weighted by molar-refractivity contribution is 8.00. The summed E-state index contributed by atoms with van der Waals surface area (Å²) in [6, 6.07) is 14.2. The highest BCUT2D eigenvalue weighted by atomic mass is 32.2. The van der Waals surface area contributed by atoms with Crippen molar-refractivity contribution < 1.29 is 14.3 Å². The molecular weight excluding hydrogens is 390 g/mol. The zero-order valence-corrected chi connectivity index (χ0v) is 17.1. The van der Waals surface area contributed by atoms with Gasteiger partial charge in [0.1, 0.15) is 5.75 Å². The van der Waals surface area contributed by atoms with Crippen LogP contribution in [-0.4, -0.2) is 38.9 Å². The Morgan fingerprint density at radius 3 is 2.55 bits per heavy atom. The number of ether oxygens (including phenoxy) is 1. The fraction of sp³-hybridized carbons (Fsp3) is 0.200. The van der Waals surface area contributed by atoms with Crippen molar-refractivity contribution in [3.8, 4) is 17.1 Å². The highest BCUT2D eigenvalue weighted by Crippen LogP contribution is 2.30. The van der Waals surface area contributed by atoms with Gasteiger partial charge in [0.25, 0.3) is 0 Å². The van der Waals surface area contributed by atoms with E-state index in [2.05, 4.69) is 15.5 Å². The first-order valence-electron chi connectivity index (χ1n) is 8.83. The van der Waals surface area contributed by atoms with Gasteiger partial charge >= 0.3 is 0 Å². The number of hydrogen-bond acceptors (Lipinski definition) is 7. The molecule has 3 rings (SSSR count). The van der Waals surface area contributed by atoms with Gasteiger partial charge in [0.15, 0.2) is 11.6 Å². The summed E-state index contributed by atoms with van der Waals surface area (Å²) in [5.41, 5.74) is 1.63. The van der Waals surface area contributed by atoms with E-state index >= 15 is 0 Å². The van der Waals surface area contributed by atoms with E-state index in [0.29, 0.717) is 33.5 Å². The number of aromatic nitrogens is 3. The van der Waals surface area contributed by atoms with Crippen LogP contribution in [0.15, 0.2) is 53.7 Å². The van der Waals surface area contributed by atoms with Crippen LogP contribution in [0.2, 0.25) is 0 Å². The highest BCUT2D eigenvalue weighted by Gasteiger charge is 2.22. The number of ketones is 1. The number of carbonyl (C=O) groups excluding carboxylic acids is 2. The Labute approximate surface area is 172 Å². The Morgan fingerprint density at radius 1 is 1.14 bits per heavy atom. The van der Waals surface area contributed by atoms with Crippen molar-refractivity contribution in [2.75, 3.05) is 18.3 Å². The number of anilines is 1. The van der Waals surface area contributed by atoms with E-state index in [1.54, 1.807) is 44.4 Å². The Balaban J connectivity index is 1.76. The number of hydrogen-bond donors (Lipinski definition) is 2. The summed E-state index contributed by atoms with van der Waals surface area (Å²) in [5, 5.41) is 10.9. The summed E-state index contributed by atoms with van der Waals surface area (Å²) in [5.74, 6) is 6.82. The third-order valence-corrected chi connectivity index (χ3v) is 5.28. The van der Waals surface area contributed by atoms with E-state index in [1.807, 2.05) is 18.2 Å². The standard InChI is InChI=1S/C20H21N5O3S/c1-12(26)14-8-4-6-10-16(14)22-19(27)13(2)29-20-24-23-18(25(20)21)15-9-5-7-11-17(15)28-3/h4-11,13H,21H2,1-3H3,(H,22,27). The van der Waals surface area contributed by atoms with E-state index in [-0.39, 0.29) is 11.7 Å². The number of nitrogens with zero attached hydrogens (tertiary/aromatic N) is 3. The second kappa shape index (κ2) is 8.78. The van der Waals surface area contributed by atoms with Crippen LogP contribution in [0.25, 0.3) is 11.4 Å². The zero-order chi connectivity index (χ0) is 21.0. The first-order chi connectivity index (χ1) is 13.9. The molecule has 2 aromatic carbocycles. The molecule has 150 valence electrons. The maximum Gasteiger partial charge on any atom is 0.237 e. The molecule has 0 bridgehead atoms. The largest absolute Gasteiger partial charge is 0.496 e. The number of methoxy groups -OCH3 is 1. The number of amides is 1. The second-order valence-electron chi connectivity index (χ2n) is 6.23. The first kappa shape index (κ1) is 20.4. The number of thioether (sulfide) groups is 1. The van der Waals surface area contributed by atoms with Crippen molar-refractivity contribution in [3.05, 3.63) is 54.1 Å². The molecule has 0 radical (unpaired) electrons. The third-order valence-electron chi connectivity index (χ3n) is 4.23. The number of nitrogens with two attached hydrogens (primary N) is 1. The van der Waals surface area contributed by atoms with Gasteiger partial charge in [-0.15, -0.1) is 10.2 Å². The Bertz CT molecular complexity index is 1050. The van der Waals surface area contributed by atoms with Crippen molar-refractivity contribution in [2.24, 2.45) is 0 Å². The predicted octanol–water partition coefficient (Wildman–Crippen LogP) is 2.99. The normalized spacial score (nSPS) is 11.7. The molecule has 0 aliphatic rings. The molecule has 1 amide bonds. The summed E-state index contributed by atoms with van der Waals surface area (Å²) >= 11 is 1.17. The molecule has 0 spiro atoms. The fourth-order valence-electron chi connectivity index (χ4n) is 2.72. The van der Waals surface area contributed by atoms with Gasteiger partial charge in [-0.3, -0.25) is 9.59 Å². The van der Waals surface area contributed by atoms with E-state index < -0.39 is 5.25 Å². The molecule has 0 aliphatic heterocycles. The Hall–Kier alpha value is -3.33. The van der Waals surface area contributed by atoms with Gasteiger partial charge in [0.05, 0.1) is 23.6 Å². The Morgan fingerprint density at radius 2 is 1.83 bits per heavy atom. The average molecular weight is 411 g/mol.